The first-order valence-corrected chi connectivity index (χ1v) is 4.93. The van der Waals surface area contributed by atoms with Crippen molar-refractivity contribution in [3.05, 3.63) is 0 Å². The number of hydrogen-bond donors (Lipinski definition) is 0. The van der Waals surface area contributed by atoms with Crippen molar-refractivity contribution in [3.8, 4) is 6.07 Å². The molecule has 0 aromatic carbocycles. The Balaban J connectivity index is 1.94. The van der Waals surface area contributed by atoms with Crippen molar-refractivity contribution in [2.24, 2.45) is 5.92 Å². The van der Waals surface area contributed by atoms with E-state index < -0.39 is 5.79 Å². The molecule has 1 saturated carbocycles. The number of hydrogen-bond acceptors (Lipinski definition) is 4. The maximum absolute atomic E-state index is 11.5. The summed E-state index contributed by atoms with van der Waals surface area (Å²) in [7, 11) is 0. The van der Waals surface area contributed by atoms with Crippen LogP contribution in [0.4, 0.5) is 0 Å². The summed E-state index contributed by atoms with van der Waals surface area (Å²) in [4.78, 5) is 11.5. The summed E-state index contributed by atoms with van der Waals surface area (Å²) in [6.45, 7) is 1.25. The number of carbonyl (C=O) groups excluding carboxylic acids is 1. The van der Waals surface area contributed by atoms with Crippen molar-refractivity contribution in [3.63, 3.8) is 0 Å². The topological polar surface area (TPSA) is 59.3 Å². The predicted molar refractivity (Wildman–Crippen MR) is 47.2 cm³/mol. The average Bonchev–Trinajstić information content (AvgIpc) is 2.78. The second-order valence-electron chi connectivity index (χ2n) is 3.85. The summed E-state index contributed by atoms with van der Waals surface area (Å²) in [6, 6.07) is 1.89. The van der Waals surface area contributed by atoms with E-state index in [9.17, 15) is 4.79 Å². The largest absolute Gasteiger partial charge is 0.348 e. The third kappa shape index (κ3) is 1.66. The highest BCUT2D eigenvalue weighted by atomic mass is 16.7. The van der Waals surface area contributed by atoms with E-state index in [4.69, 9.17) is 14.7 Å². The lowest BCUT2D eigenvalue weighted by molar-refractivity contribution is -0.154. The van der Waals surface area contributed by atoms with Crippen LogP contribution >= 0.6 is 0 Å². The molecule has 2 fully saturated rings. The Bertz CT molecular complexity index is 276. The van der Waals surface area contributed by atoms with E-state index in [1.807, 2.05) is 6.07 Å². The normalized spacial score (nSPS) is 29.2. The monoisotopic (exact) mass is 195 g/mol. The van der Waals surface area contributed by atoms with Crippen LogP contribution in [0.3, 0.4) is 0 Å². The molecule has 76 valence electrons. The zero-order chi connectivity index (χ0) is 10.0. The minimum absolute atomic E-state index is 0.0146. The highest BCUT2D eigenvalue weighted by Gasteiger charge is 2.45. The van der Waals surface area contributed by atoms with E-state index in [1.165, 1.54) is 0 Å². The molecule has 1 unspecified atom stereocenters. The molecule has 0 aromatic rings. The number of rotatable bonds is 2. The van der Waals surface area contributed by atoms with Crippen LogP contribution in [0.5, 0.6) is 0 Å². The van der Waals surface area contributed by atoms with Gasteiger partial charge in [0.25, 0.3) is 0 Å². The van der Waals surface area contributed by atoms with Crippen LogP contribution in [0.25, 0.3) is 0 Å². The minimum atomic E-state index is -0.490. The fourth-order valence-corrected chi connectivity index (χ4v) is 2.23. The van der Waals surface area contributed by atoms with Gasteiger partial charge in [0.05, 0.1) is 25.7 Å². The van der Waals surface area contributed by atoms with Crippen molar-refractivity contribution in [2.45, 2.75) is 31.5 Å². The fraction of sp³-hybridized carbons (Fsp3) is 0.800. The van der Waals surface area contributed by atoms with E-state index in [0.29, 0.717) is 19.6 Å². The molecular formula is C10H13NO3. The maximum Gasteiger partial charge on any atom is 0.169 e. The van der Waals surface area contributed by atoms with Gasteiger partial charge in [-0.15, -0.1) is 0 Å². The van der Waals surface area contributed by atoms with Crippen LogP contribution < -0.4 is 0 Å². The molecule has 0 amide bonds. The molecule has 4 nitrogen and oxygen atoms in total. The van der Waals surface area contributed by atoms with Crippen molar-refractivity contribution in [1.82, 2.24) is 0 Å². The molecular weight excluding hydrogens is 182 g/mol. The summed E-state index contributed by atoms with van der Waals surface area (Å²) in [5.41, 5.74) is 0. The Morgan fingerprint density at radius 2 is 2.21 bits per heavy atom. The van der Waals surface area contributed by atoms with Crippen LogP contribution in [0.15, 0.2) is 0 Å². The molecule has 1 heterocycles. The highest BCUT2D eigenvalue weighted by Crippen LogP contribution is 2.41. The number of ketones is 1. The van der Waals surface area contributed by atoms with E-state index in [-0.39, 0.29) is 18.1 Å². The third-order valence-corrected chi connectivity index (χ3v) is 2.95. The van der Waals surface area contributed by atoms with E-state index in [2.05, 4.69) is 0 Å². The molecule has 1 saturated heterocycles. The second-order valence-corrected chi connectivity index (χ2v) is 3.85. The Morgan fingerprint density at radius 3 is 2.86 bits per heavy atom. The number of nitrogens with zero attached hydrogens (tertiary/aromatic N) is 1. The van der Waals surface area contributed by atoms with E-state index in [0.717, 1.165) is 12.8 Å². The van der Waals surface area contributed by atoms with Gasteiger partial charge in [-0.1, -0.05) is 0 Å². The number of ether oxygens (including phenoxy) is 2. The van der Waals surface area contributed by atoms with Crippen molar-refractivity contribution >= 4 is 5.78 Å². The van der Waals surface area contributed by atoms with Gasteiger partial charge in [0, 0.05) is 18.8 Å². The summed E-state index contributed by atoms with van der Waals surface area (Å²) in [5.74, 6) is -0.494. The SMILES string of the molecule is N#CCC(=O)C1CCC2(C1)OCCO2. The van der Waals surface area contributed by atoms with Crippen molar-refractivity contribution < 1.29 is 14.3 Å². The van der Waals surface area contributed by atoms with Crippen LogP contribution in [0, 0.1) is 17.2 Å². The molecule has 1 aliphatic carbocycles. The molecule has 0 bridgehead atoms. The number of carbonyl (C=O) groups is 1. The summed E-state index contributed by atoms with van der Waals surface area (Å²) >= 11 is 0. The van der Waals surface area contributed by atoms with Crippen molar-refractivity contribution in [1.29, 1.82) is 5.26 Å². The summed E-state index contributed by atoms with van der Waals surface area (Å²) < 4.78 is 11.0. The Labute approximate surface area is 82.8 Å². The Morgan fingerprint density at radius 1 is 1.50 bits per heavy atom. The average molecular weight is 195 g/mol. The standard InChI is InChI=1S/C10H13NO3/c11-4-2-9(12)8-1-3-10(7-8)13-5-6-14-10/h8H,1-3,5-7H2. The molecule has 1 aliphatic heterocycles. The quantitative estimate of drug-likeness (QED) is 0.659. The van der Waals surface area contributed by atoms with E-state index in [1.54, 1.807) is 0 Å². The van der Waals surface area contributed by atoms with Crippen LogP contribution in [0.1, 0.15) is 25.7 Å². The van der Waals surface area contributed by atoms with Gasteiger partial charge >= 0.3 is 0 Å². The van der Waals surface area contributed by atoms with Gasteiger partial charge in [0.2, 0.25) is 0 Å². The first-order chi connectivity index (χ1) is 6.76. The summed E-state index contributed by atoms with van der Waals surface area (Å²) in [6.07, 6.45) is 2.23. The lowest BCUT2D eigenvalue weighted by atomic mass is 10.0. The van der Waals surface area contributed by atoms with Crippen LogP contribution in [-0.2, 0) is 14.3 Å². The zero-order valence-electron chi connectivity index (χ0n) is 7.99. The molecule has 2 rings (SSSR count). The van der Waals surface area contributed by atoms with Gasteiger partial charge in [0.15, 0.2) is 5.79 Å². The van der Waals surface area contributed by atoms with Crippen molar-refractivity contribution in [2.75, 3.05) is 13.2 Å². The Kier molecular flexibility index (Phi) is 2.53. The zero-order valence-corrected chi connectivity index (χ0v) is 7.99. The molecule has 2 aliphatic rings. The number of nitriles is 1. The lowest BCUT2D eigenvalue weighted by Gasteiger charge is -2.20. The van der Waals surface area contributed by atoms with Gasteiger partial charge in [-0.05, 0) is 6.42 Å². The van der Waals surface area contributed by atoms with Gasteiger partial charge in [-0.25, -0.2) is 0 Å². The third-order valence-electron chi connectivity index (χ3n) is 2.95. The molecule has 4 heteroatoms. The molecule has 0 radical (unpaired) electrons. The minimum Gasteiger partial charge on any atom is -0.348 e. The number of Topliss-reactive ketones (excluding diaryl/α,β-unsaturated/α-hetero) is 1. The van der Waals surface area contributed by atoms with Gasteiger partial charge in [0.1, 0.15) is 5.78 Å². The maximum atomic E-state index is 11.5. The van der Waals surface area contributed by atoms with Gasteiger partial charge in [-0.2, -0.15) is 5.26 Å². The first-order valence-electron chi connectivity index (χ1n) is 4.93. The van der Waals surface area contributed by atoms with Crippen LogP contribution in [-0.4, -0.2) is 24.8 Å². The molecule has 0 N–H and O–H groups in total. The van der Waals surface area contributed by atoms with Gasteiger partial charge in [-0.3, -0.25) is 4.79 Å². The van der Waals surface area contributed by atoms with Gasteiger partial charge < -0.3 is 9.47 Å². The van der Waals surface area contributed by atoms with Crippen LogP contribution in [0.2, 0.25) is 0 Å². The molecule has 1 spiro atoms. The Hall–Kier alpha value is -0.920. The lowest BCUT2D eigenvalue weighted by Crippen LogP contribution is -2.27. The molecule has 14 heavy (non-hydrogen) atoms. The van der Waals surface area contributed by atoms with E-state index >= 15 is 0 Å². The predicted octanol–water partition coefficient (Wildman–Crippen LogP) is 1.01. The second kappa shape index (κ2) is 3.68. The summed E-state index contributed by atoms with van der Waals surface area (Å²) in [5, 5.41) is 8.42. The highest BCUT2D eigenvalue weighted by molar-refractivity contribution is 5.83. The smallest absolute Gasteiger partial charge is 0.169 e. The first kappa shape index (κ1) is 9.63. The molecule has 1 atom stereocenters. The molecule has 0 aromatic heterocycles. The fourth-order valence-electron chi connectivity index (χ4n) is 2.23.